The highest BCUT2D eigenvalue weighted by molar-refractivity contribution is 6.35. The Hall–Kier alpha value is -1.13. The fourth-order valence-electron chi connectivity index (χ4n) is 1.88. The lowest BCUT2D eigenvalue weighted by molar-refractivity contribution is -0.117. The smallest absolute Gasteiger partial charge is 0.227 e. The molecule has 18 heavy (non-hydrogen) atoms. The van der Waals surface area contributed by atoms with Crippen LogP contribution in [0, 0.1) is 17.6 Å². The molecule has 0 saturated carbocycles. The minimum atomic E-state index is -1.02. The van der Waals surface area contributed by atoms with E-state index in [0.29, 0.717) is 0 Å². The van der Waals surface area contributed by atoms with Crippen LogP contribution in [0.15, 0.2) is 18.7 Å². The van der Waals surface area contributed by atoms with Gasteiger partial charge in [0.2, 0.25) is 5.91 Å². The van der Waals surface area contributed by atoms with E-state index in [0.717, 1.165) is 6.07 Å². The molecule has 0 spiro atoms. The molecule has 0 radical (unpaired) electrons. The highest BCUT2D eigenvalue weighted by Gasteiger charge is 2.32. The summed E-state index contributed by atoms with van der Waals surface area (Å²) in [6.07, 6.45) is 1.87. The van der Waals surface area contributed by atoms with Crippen LogP contribution in [0.1, 0.15) is 6.42 Å². The van der Waals surface area contributed by atoms with Crippen molar-refractivity contribution in [2.75, 3.05) is 11.4 Å². The van der Waals surface area contributed by atoms with E-state index < -0.39 is 16.7 Å². The highest BCUT2D eigenvalue weighted by Crippen LogP contribution is 2.36. The summed E-state index contributed by atoms with van der Waals surface area (Å²) in [7, 11) is 0. The molecule has 1 fully saturated rings. The highest BCUT2D eigenvalue weighted by atomic mass is 35.5. The fourth-order valence-corrected chi connectivity index (χ4v) is 2.33. The zero-order valence-electron chi connectivity index (χ0n) is 9.22. The van der Waals surface area contributed by atoms with Crippen LogP contribution >= 0.6 is 23.2 Å². The normalized spacial score (nSPS) is 19.4. The molecule has 1 heterocycles. The molecule has 1 amide bonds. The van der Waals surface area contributed by atoms with Crippen molar-refractivity contribution in [3.05, 3.63) is 40.4 Å². The van der Waals surface area contributed by atoms with E-state index in [1.165, 1.54) is 4.90 Å². The first-order valence-corrected chi connectivity index (χ1v) is 5.97. The van der Waals surface area contributed by atoms with E-state index in [1.807, 2.05) is 0 Å². The average Bonchev–Trinajstić information content (AvgIpc) is 2.72. The molecular weight excluding hydrogens is 283 g/mol. The summed E-state index contributed by atoms with van der Waals surface area (Å²) >= 11 is 11.1. The lowest BCUT2D eigenvalue weighted by Gasteiger charge is -2.18. The van der Waals surface area contributed by atoms with Crippen molar-refractivity contribution >= 4 is 34.8 Å². The third kappa shape index (κ3) is 2.10. The first-order valence-electron chi connectivity index (χ1n) is 5.21. The van der Waals surface area contributed by atoms with Crippen LogP contribution in [0.25, 0.3) is 0 Å². The second kappa shape index (κ2) is 4.86. The molecule has 6 heteroatoms. The zero-order valence-corrected chi connectivity index (χ0v) is 10.7. The summed E-state index contributed by atoms with van der Waals surface area (Å²) in [5, 5.41) is -1.02. The number of halogens is 4. The van der Waals surface area contributed by atoms with Crippen LogP contribution in [-0.4, -0.2) is 12.5 Å². The van der Waals surface area contributed by atoms with Gasteiger partial charge >= 0.3 is 0 Å². The number of benzene rings is 1. The monoisotopic (exact) mass is 291 g/mol. The number of carbonyl (C=O) groups is 1. The molecular formula is C12H9Cl2F2NO. The van der Waals surface area contributed by atoms with Crippen molar-refractivity contribution in [1.82, 2.24) is 0 Å². The largest absolute Gasteiger partial charge is 0.309 e. The predicted molar refractivity (Wildman–Crippen MR) is 67.0 cm³/mol. The molecule has 1 unspecified atom stereocenters. The van der Waals surface area contributed by atoms with Gasteiger partial charge in [-0.05, 0) is 6.07 Å². The number of hydrogen-bond acceptors (Lipinski definition) is 1. The van der Waals surface area contributed by atoms with Crippen molar-refractivity contribution in [3.8, 4) is 0 Å². The standard InChI is InChI=1S/C12H9Cl2F2NO/c1-2-6-3-9(18)17(5-6)8-4-7(13)11(15)10(14)12(8)16/h2,4,6H,1,3,5H2. The Balaban J connectivity index is 2.46. The number of nitrogens with zero attached hydrogens (tertiary/aromatic N) is 1. The van der Waals surface area contributed by atoms with E-state index in [2.05, 4.69) is 6.58 Å². The topological polar surface area (TPSA) is 20.3 Å². The van der Waals surface area contributed by atoms with Crippen LogP contribution in [0.5, 0.6) is 0 Å². The quantitative estimate of drug-likeness (QED) is 0.461. The van der Waals surface area contributed by atoms with E-state index in [-0.39, 0.29) is 35.5 Å². The summed E-state index contributed by atoms with van der Waals surface area (Å²) in [6, 6.07) is 1.07. The number of anilines is 1. The predicted octanol–water partition coefficient (Wildman–Crippen LogP) is 3.81. The molecule has 1 aromatic rings. The molecule has 1 atom stereocenters. The molecule has 0 aromatic heterocycles. The number of hydrogen-bond donors (Lipinski definition) is 0. The first kappa shape index (κ1) is 13.3. The molecule has 1 saturated heterocycles. The average molecular weight is 292 g/mol. The van der Waals surface area contributed by atoms with Gasteiger partial charge in [-0.15, -0.1) is 6.58 Å². The van der Waals surface area contributed by atoms with Gasteiger partial charge in [0.15, 0.2) is 11.6 Å². The van der Waals surface area contributed by atoms with E-state index >= 15 is 0 Å². The zero-order chi connectivity index (χ0) is 13.4. The van der Waals surface area contributed by atoms with Crippen molar-refractivity contribution in [2.45, 2.75) is 6.42 Å². The molecule has 96 valence electrons. The van der Waals surface area contributed by atoms with Crippen molar-refractivity contribution in [3.63, 3.8) is 0 Å². The Morgan fingerprint density at radius 1 is 1.39 bits per heavy atom. The van der Waals surface area contributed by atoms with Gasteiger partial charge in [-0.2, -0.15) is 0 Å². The Morgan fingerprint density at radius 3 is 2.61 bits per heavy atom. The molecule has 0 aliphatic carbocycles. The Kier molecular flexibility index (Phi) is 3.59. The summed E-state index contributed by atoms with van der Waals surface area (Å²) in [4.78, 5) is 12.9. The number of rotatable bonds is 2. The van der Waals surface area contributed by atoms with Gasteiger partial charge in [0, 0.05) is 18.9 Å². The maximum atomic E-state index is 13.8. The Labute approximate surface area is 113 Å². The van der Waals surface area contributed by atoms with Gasteiger partial charge in [-0.3, -0.25) is 4.79 Å². The fraction of sp³-hybridized carbons (Fsp3) is 0.250. The van der Waals surface area contributed by atoms with Crippen molar-refractivity contribution < 1.29 is 13.6 Å². The van der Waals surface area contributed by atoms with Gasteiger partial charge in [-0.25, -0.2) is 8.78 Å². The van der Waals surface area contributed by atoms with Crippen molar-refractivity contribution in [2.24, 2.45) is 5.92 Å². The Bertz CT molecular complexity index is 533. The summed E-state index contributed by atoms with van der Waals surface area (Å²) < 4.78 is 27.1. The number of carbonyl (C=O) groups excluding carboxylic acids is 1. The Morgan fingerprint density at radius 2 is 2.06 bits per heavy atom. The van der Waals surface area contributed by atoms with E-state index in [9.17, 15) is 13.6 Å². The third-order valence-electron chi connectivity index (χ3n) is 2.86. The van der Waals surface area contributed by atoms with Gasteiger partial charge < -0.3 is 4.90 Å². The minimum absolute atomic E-state index is 0.0560. The van der Waals surface area contributed by atoms with E-state index in [4.69, 9.17) is 23.2 Å². The number of amides is 1. The molecule has 0 bridgehead atoms. The maximum absolute atomic E-state index is 13.8. The van der Waals surface area contributed by atoms with E-state index in [1.54, 1.807) is 6.08 Å². The summed E-state index contributed by atoms with van der Waals surface area (Å²) in [6.45, 7) is 3.88. The summed E-state index contributed by atoms with van der Waals surface area (Å²) in [5.74, 6) is -2.32. The molecule has 1 aliphatic heterocycles. The molecule has 0 N–H and O–H groups in total. The molecule has 2 nitrogen and oxygen atoms in total. The van der Waals surface area contributed by atoms with Crippen molar-refractivity contribution in [1.29, 1.82) is 0 Å². The summed E-state index contributed by atoms with van der Waals surface area (Å²) in [5.41, 5.74) is -0.0965. The van der Waals surface area contributed by atoms with Crippen LogP contribution in [0.2, 0.25) is 10.0 Å². The van der Waals surface area contributed by atoms with Crippen LogP contribution < -0.4 is 4.90 Å². The second-order valence-electron chi connectivity index (χ2n) is 4.02. The van der Waals surface area contributed by atoms with Crippen LogP contribution in [0.3, 0.4) is 0 Å². The van der Waals surface area contributed by atoms with Crippen LogP contribution in [0.4, 0.5) is 14.5 Å². The lowest BCUT2D eigenvalue weighted by Crippen LogP contribution is -2.25. The van der Waals surface area contributed by atoms with Gasteiger partial charge in [0.25, 0.3) is 0 Å². The van der Waals surface area contributed by atoms with Gasteiger partial charge in [0.1, 0.15) is 5.02 Å². The first-order chi connectivity index (χ1) is 8.45. The van der Waals surface area contributed by atoms with Gasteiger partial charge in [-0.1, -0.05) is 29.3 Å². The molecule has 1 aromatic carbocycles. The molecule has 1 aliphatic rings. The molecule has 2 rings (SSSR count). The SMILES string of the molecule is C=CC1CC(=O)N(c2cc(Cl)c(F)c(Cl)c2F)C1. The minimum Gasteiger partial charge on any atom is -0.309 e. The van der Waals surface area contributed by atoms with Crippen LogP contribution in [-0.2, 0) is 4.79 Å². The third-order valence-corrected chi connectivity index (χ3v) is 3.47. The lowest BCUT2D eigenvalue weighted by atomic mass is 10.1. The van der Waals surface area contributed by atoms with Gasteiger partial charge in [0.05, 0.1) is 10.7 Å². The second-order valence-corrected chi connectivity index (χ2v) is 4.81. The maximum Gasteiger partial charge on any atom is 0.227 e.